The number of methoxy groups -OCH3 is 1. The maximum Gasteiger partial charge on any atom is 0.408 e. The van der Waals surface area contributed by atoms with E-state index in [1.54, 1.807) is 12.1 Å². The van der Waals surface area contributed by atoms with Crippen molar-refractivity contribution in [3.05, 3.63) is 65.4 Å². The molecule has 3 N–H and O–H groups in total. The molecular weight excluding hydrogens is 570 g/mol. The molecule has 2 aromatic carbocycles. The van der Waals surface area contributed by atoms with Crippen molar-refractivity contribution in [2.24, 2.45) is 23.2 Å². The number of amides is 1. The summed E-state index contributed by atoms with van der Waals surface area (Å²) in [6.45, 7) is 5.46. The molecule has 4 fully saturated rings. The summed E-state index contributed by atoms with van der Waals surface area (Å²) in [5, 5.41) is 7.51. The van der Waals surface area contributed by atoms with Crippen LogP contribution in [-0.2, 0) is 25.5 Å². The summed E-state index contributed by atoms with van der Waals surface area (Å²) in [4.78, 5) is 43.2. The molecule has 0 radical (unpaired) electrons. The van der Waals surface area contributed by atoms with E-state index < -0.39 is 29.7 Å². The fourth-order valence-corrected chi connectivity index (χ4v) is 9.11. The molecule has 2 heterocycles. The third-order valence-electron chi connectivity index (χ3n) is 10.4. The maximum absolute atomic E-state index is 14.0. The van der Waals surface area contributed by atoms with Crippen LogP contribution < -0.4 is 15.4 Å². The number of hydrogen-bond acceptors (Lipinski definition) is 7. The second kappa shape index (κ2) is 11.2. The topological polar surface area (TPSA) is 119 Å². The van der Waals surface area contributed by atoms with Gasteiger partial charge in [0.05, 0.1) is 13.2 Å². The molecule has 1 aliphatic heterocycles. The molecule has 45 heavy (non-hydrogen) atoms. The van der Waals surface area contributed by atoms with Gasteiger partial charge >= 0.3 is 18.0 Å². The fourth-order valence-electron chi connectivity index (χ4n) is 9.11. The number of carbonyl (C=O) groups excluding carboxylic acids is 3. The van der Waals surface area contributed by atoms with Crippen molar-refractivity contribution < 1.29 is 28.6 Å². The number of aromatic nitrogens is 1. The molecule has 4 bridgehead atoms. The van der Waals surface area contributed by atoms with Gasteiger partial charge in [-0.3, -0.25) is 10.1 Å². The number of carbonyl (C=O) groups is 3. The Morgan fingerprint density at radius 3 is 2.20 bits per heavy atom. The van der Waals surface area contributed by atoms with Crippen molar-refractivity contribution in [1.82, 2.24) is 15.6 Å². The Morgan fingerprint density at radius 1 is 0.933 bits per heavy atom. The molecule has 238 valence electrons. The zero-order valence-corrected chi connectivity index (χ0v) is 26.5. The van der Waals surface area contributed by atoms with Gasteiger partial charge in [0.25, 0.3) is 0 Å². The summed E-state index contributed by atoms with van der Waals surface area (Å²) in [7, 11) is 1.40. The Morgan fingerprint density at radius 2 is 1.58 bits per heavy atom. The molecule has 1 aromatic heterocycles. The van der Waals surface area contributed by atoms with Gasteiger partial charge in [-0.15, -0.1) is 0 Å². The van der Waals surface area contributed by atoms with Gasteiger partial charge in [-0.25, -0.2) is 9.59 Å². The molecule has 9 heteroatoms. The van der Waals surface area contributed by atoms with Crippen LogP contribution in [-0.4, -0.2) is 47.8 Å². The monoisotopic (exact) mass is 613 g/mol. The zero-order chi connectivity index (χ0) is 31.5. The average Bonchev–Trinajstić information content (AvgIpc) is 3.36. The standard InChI is InChI=1S/C36H43N3O6/c1-35(2,3)45-34(42)39-31(36-17-20-13-21(18-36)15-22(14-20)19-36)33(41)44-24-11-9-23(10-12-24)29-30-26(16-28(38-29)32(40)43-4)25-7-5-6-8-27(25)37-30/h5-12,20-22,28-29,31,37-38H,13-19H2,1-4H3,(H,39,42)/t20-,21+,22?,28?,29-,31+,36?/m0/s1. The fraction of sp³-hybridized carbons (Fsp3) is 0.528. The summed E-state index contributed by atoms with van der Waals surface area (Å²) in [6, 6.07) is 13.9. The molecule has 3 aromatic rings. The third-order valence-corrected chi connectivity index (χ3v) is 10.4. The number of hydrogen-bond donors (Lipinski definition) is 3. The van der Waals surface area contributed by atoms with Crippen LogP contribution in [0.2, 0.25) is 0 Å². The highest BCUT2D eigenvalue weighted by molar-refractivity contribution is 5.87. The molecule has 1 unspecified atom stereocenters. The van der Waals surface area contributed by atoms with Crippen molar-refractivity contribution in [2.75, 3.05) is 7.11 Å². The molecule has 9 nitrogen and oxygen atoms in total. The second-order valence-corrected chi connectivity index (χ2v) is 14.8. The molecule has 4 saturated carbocycles. The predicted octanol–water partition coefficient (Wildman–Crippen LogP) is 5.96. The van der Waals surface area contributed by atoms with Gasteiger partial charge in [-0.1, -0.05) is 30.3 Å². The lowest BCUT2D eigenvalue weighted by atomic mass is 9.47. The van der Waals surface area contributed by atoms with Gasteiger partial charge in [-0.2, -0.15) is 0 Å². The predicted molar refractivity (Wildman–Crippen MR) is 169 cm³/mol. The Kier molecular flexibility index (Phi) is 7.42. The van der Waals surface area contributed by atoms with E-state index in [0.29, 0.717) is 29.9 Å². The van der Waals surface area contributed by atoms with Crippen molar-refractivity contribution >= 4 is 28.9 Å². The number of benzene rings is 2. The number of esters is 2. The van der Waals surface area contributed by atoms with Crippen LogP contribution in [0.3, 0.4) is 0 Å². The van der Waals surface area contributed by atoms with Gasteiger partial charge in [0.1, 0.15) is 23.4 Å². The number of fused-ring (bicyclic) bond motifs is 3. The average molecular weight is 614 g/mol. The number of nitrogens with one attached hydrogen (secondary N) is 3. The van der Waals surface area contributed by atoms with Crippen molar-refractivity contribution in [3.8, 4) is 5.75 Å². The van der Waals surface area contributed by atoms with Gasteiger partial charge in [0.15, 0.2) is 0 Å². The molecule has 3 atom stereocenters. The largest absolute Gasteiger partial charge is 0.468 e. The van der Waals surface area contributed by atoms with Crippen molar-refractivity contribution in [2.45, 2.75) is 89.4 Å². The second-order valence-electron chi connectivity index (χ2n) is 14.8. The van der Waals surface area contributed by atoms with Crippen LogP contribution in [0.5, 0.6) is 5.75 Å². The first-order valence-electron chi connectivity index (χ1n) is 16.2. The zero-order valence-electron chi connectivity index (χ0n) is 26.5. The van der Waals surface area contributed by atoms with E-state index in [4.69, 9.17) is 14.2 Å². The molecular formula is C36H43N3O6. The van der Waals surface area contributed by atoms with Gasteiger partial charge < -0.3 is 24.5 Å². The Bertz CT molecular complexity index is 1580. The van der Waals surface area contributed by atoms with Crippen LogP contribution in [0, 0.1) is 23.2 Å². The summed E-state index contributed by atoms with van der Waals surface area (Å²) < 4.78 is 16.7. The Labute approximate surface area is 263 Å². The van der Waals surface area contributed by atoms with Crippen LogP contribution in [0.1, 0.15) is 82.2 Å². The number of para-hydroxylation sites is 1. The van der Waals surface area contributed by atoms with E-state index in [1.165, 1.54) is 26.4 Å². The molecule has 5 aliphatic rings. The lowest BCUT2D eigenvalue weighted by Gasteiger charge is -2.58. The van der Waals surface area contributed by atoms with E-state index in [9.17, 15) is 14.4 Å². The lowest BCUT2D eigenvalue weighted by molar-refractivity contribution is -0.148. The van der Waals surface area contributed by atoms with Crippen LogP contribution >= 0.6 is 0 Å². The number of rotatable bonds is 6. The quantitative estimate of drug-likeness (QED) is 0.232. The minimum atomic E-state index is -0.782. The summed E-state index contributed by atoms with van der Waals surface area (Å²) in [5.74, 6) is 1.43. The van der Waals surface area contributed by atoms with E-state index in [-0.39, 0.29) is 17.4 Å². The molecule has 1 amide bonds. The first kappa shape index (κ1) is 29.8. The Hall–Kier alpha value is -3.85. The first-order valence-corrected chi connectivity index (χ1v) is 16.2. The van der Waals surface area contributed by atoms with Crippen molar-refractivity contribution in [3.63, 3.8) is 0 Å². The number of H-pyrrole nitrogens is 1. The van der Waals surface area contributed by atoms with Gasteiger partial charge in [0, 0.05) is 28.4 Å². The van der Waals surface area contributed by atoms with E-state index in [1.807, 2.05) is 51.1 Å². The third kappa shape index (κ3) is 5.71. The minimum absolute atomic E-state index is 0.288. The highest BCUT2D eigenvalue weighted by Gasteiger charge is 2.57. The molecule has 0 saturated heterocycles. The van der Waals surface area contributed by atoms with Crippen LogP contribution in [0.15, 0.2) is 48.5 Å². The Balaban J connectivity index is 1.14. The number of ether oxygens (including phenoxy) is 3. The van der Waals surface area contributed by atoms with Gasteiger partial charge in [0.2, 0.25) is 0 Å². The highest BCUT2D eigenvalue weighted by Crippen LogP contribution is 2.61. The van der Waals surface area contributed by atoms with Crippen LogP contribution in [0.4, 0.5) is 4.79 Å². The summed E-state index contributed by atoms with van der Waals surface area (Å²) in [6.07, 6.45) is 6.37. The summed E-state index contributed by atoms with van der Waals surface area (Å²) in [5.41, 5.74) is 3.03. The first-order chi connectivity index (χ1) is 21.5. The molecule has 8 rings (SSSR count). The van der Waals surface area contributed by atoms with Crippen molar-refractivity contribution in [1.29, 1.82) is 0 Å². The number of aromatic amines is 1. The highest BCUT2D eigenvalue weighted by atomic mass is 16.6. The van der Waals surface area contributed by atoms with E-state index in [0.717, 1.165) is 47.0 Å². The SMILES string of the molecule is COC(=O)C1Cc2c([nH]c3ccccc23)[C@H](c2ccc(OC(=O)[C@@H](NC(=O)OC(C)(C)C)C34CC5C[C@H](C3)C[C@@H](C5)C4)cc2)N1. The number of alkyl carbamates (subject to hydrolysis) is 1. The molecule has 4 aliphatic carbocycles. The van der Waals surface area contributed by atoms with E-state index >= 15 is 0 Å². The smallest absolute Gasteiger partial charge is 0.408 e. The van der Waals surface area contributed by atoms with E-state index in [2.05, 4.69) is 21.7 Å². The maximum atomic E-state index is 14.0. The van der Waals surface area contributed by atoms with Crippen LogP contribution in [0.25, 0.3) is 10.9 Å². The minimum Gasteiger partial charge on any atom is -0.468 e. The van der Waals surface area contributed by atoms with Gasteiger partial charge in [-0.05, 0) is 106 Å². The summed E-state index contributed by atoms with van der Waals surface area (Å²) >= 11 is 0. The normalized spacial score (nSPS) is 29.1. The molecule has 0 spiro atoms. The lowest BCUT2D eigenvalue weighted by Crippen LogP contribution is -2.61.